The number of hydrogen-bond donors (Lipinski definition) is 1. The van der Waals surface area contributed by atoms with E-state index in [1.54, 1.807) is 19.1 Å². The Morgan fingerprint density at radius 2 is 1.59 bits per heavy atom. The van der Waals surface area contributed by atoms with Gasteiger partial charge in [-0.15, -0.1) is 0 Å². The van der Waals surface area contributed by atoms with E-state index in [9.17, 15) is 18.0 Å². The quantitative estimate of drug-likeness (QED) is 0.592. The smallest absolute Gasteiger partial charge is 0.243 e. The fourth-order valence-electron chi connectivity index (χ4n) is 3.08. The minimum absolute atomic E-state index is 0.0248. The molecule has 0 aliphatic heterocycles. The standard InChI is InChI=1S/C24H33N3O4S/c1-6-19(3)25-24(29)20(4)27(16-21-10-8-7-9-11-21)23(28)17-26(5)32(30,31)22-14-12-18(2)13-15-22/h7-15,19-20H,6,16-17H2,1-5H3,(H,25,29). The van der Waals surface area contributed by atoms with Gasteiger partial charge >= 0.3 is 0 Å². The van der Waals surface area contributed by atoms with Gasteiger partial charge in [-0.25, -0.2) is 8.42 Å². The average molecular weight is 460 g/mol. The number of carbonyl (C=O) groups is 2. The first-order valence-electron chi connectivity index (χ1n) is 10.7. The van der Waals surface area contributed by atoms with Crippen molar-refractivity contribution in [2.75, 3.05) is 13.6 Å². The highest BCUT2D eigenvalue weighted by Crippen LogP contribution is 2.16. The maximum Gasteiger partial charge on any atom is 0.243 e. The van der Waals surface area contributed by atoms with E-state index in [4.69, 9.17) is 0 Å². The molecule has 8 heteroatoms. The monoisotopic (exact) mass is 459 g/mol. The molecule has 2 unspecified atom stereocenters. The molecule has 0 aliphatic carbocycles. The molecule has 32 heavy (non-hydrogen) atoms. The molecule has 2 atom stereocenters. The SMILES string of the molecule is CCC(C)NC(=O)C(C)N(Cc1ccccc1)C(=O)CN(C)S(=O)(=O)c1ccc(C)cc1. The molecule has 2 aromatic rings. The van der Waals surface area contributed by atoms with Crippen LogP contribution in [0.15, 0.2) is 59.5 Å². The third-order valence-corrected chi connectivity index (χ3v) is 7.27. The lowest BCUT2D eigenvalue weighted by Gasteiger charge is -2.31. The molecule has 0 saturated heterocycles. The highest BCUT2D eigenvalue weighted by atomic mass is 32.2. The van der Waals surface area contributed by atoms with Gasteiger partial charge in [0.2, 0.25) is 21.8 Å². The highest BCUT2D eigenvalue weighted by Gasteiger charge is 2.30. The zero-order valence-electron chi connectivity index (χ0n) is 19.4. The van der Waals surface area contributed by atoms with E-state index in [0.717, 1.165) is 21.9 Å². The molecule has 0 fully saturated rings. The molecule has 0 aromatic heterocycles. The zero-order valence-corrected chi connectivity index (χ0v) is 20.2. The molecule has 174 valence electrons. The molecular weight excluding hydrogens is 426 g/mol. The fourth-order valence-corrected chi connectivity index (χ4v) is 4.21. The molecule has 7 nitrogen and oxygen atoms in total. The van der Waals surface area contributed by atoms with Gasteiger partial charge in [0.05, 0.1) is 11.4 Å². The number of nitrogens with one attached hydrogen (secondary N) is 1. The van der Waals surface area contributed by atoms with Gasteiger partial charge in [0.1, 0.15) is 6.04 Å². The van der Waals surface area contributed by atoms with Gasteiger partial charge in [0.15, 0.2) is 0 Å². The summed E-state index contributed by atoms with van der Waals surface area (Å²) in [7, 11) is -2.47. The minimum Gasteiger partial charge on any atom is -0.352 e. The summed E-state index contributed by atoms with van der Waals surface area (Å²) in [6, 6.07) is 15.0. The van der Waals surface area contributed by atoms with Crippen molar-refractivity contribution in [3.8, 4) is 0 Å². The van der Waals surface area contributed by atoms with Crippen LogP contribution in [0.5, 0.6) is 0 Å². The summed E-state index contributed by atoms with van der Waals surface area (Å²) in [6.45, 7) is 7.23. The van der Waals surface area contributed by atoms with Crippen molar-refractivity contribution in [1.82, 2.24) is 14.5 Å². The van der Waals surface area contributed by atoms with Crippen LogP contribution in [0.2, 0.25) is 0 Å². The fraction of sp³-hybridized carbons (Fsp3) is 0.417. The van der Waals surface area contributed by atoms with Crippen molar-refractivity contribution >= 4 is 21.8 Å². The average Bonchev–Trinajstić information content (AvgIpc) is 2.77. The number of likely N-dealkylation sites (N-methyl/N-ethyl adjacent to an activating group) is 1. The second-order valence-electron chi connectivity index (χ2n) is 8.08. The van der Waals surface area contributed by atoms with Crippen molar-refractivity contribution in [1.29, 1.82) is 0 Å². The number of aryl methyl sites for hydroxylation is 1. The van der Waals surface area contributed by atoms with Crippen molar-refractivity contribution in [2.24, 2.45) is 0 Å². The number of nitrogens with zero attached hydrogens (tertiary/aromatic N) is 2. The minimum atomic E-state index is -3.84. The molecule has 2 amide bonds. The molecule has 0 radical (unpaired) electrons. The summed E-state index contributed by atoms with van der Waals surface area (Å²) in [5.41, 5.74) is 1.80. The lowest BCUT2D eigenvalue weighted by Crippen LogP contribution is -2.51. The van der Waals surface area contributed by atoms with Gasteiger partial charge in [-0.05, 0) is 44.9 Å². The van der Waals surface area contributed by atoms with Crippen LogP contribution < -0.4 is 5.32 Å². The summed E-state index contributed by atoms with van der Waals surface area (Å²) in [5.74, 6) is -0.716. The van der Waals surface area contributed by atoms with Crippen LogP contribution in [0.4, 0.5) is 0 Å². The Bertz CT molecular complexity index is 1010. The second-order valence-corrected chi connectivity index (χ2v) is 10.1. The Hall–Kier alpha value is -2.71. The van der Waals surface area contributed by atoms with Gasteiger partial charge in [-0.1, -0.05) is 55.0 Å². The van der Waals surface area contributed by atoms with Crippen LogP contribution in [0.3, 0.4) is 0 Å². The third-order valence-electron chi connectivity index (χ3n) is 5.45. The molecule has 2 aromatic carbocycles. The van der Waals surface area contributed by atoms with E-state index in [2.05, 4.69) is 5.32 Å². The highest BCUT2D eigenvalue weighted by molar-refractivity contribution is 7.89. The van der Waals surface area contributed by atoms with E-state index in [1.165, 1.54) is 24.1 Å². The molecule has 0 heterocycles. The maximum atomic E-state index is 13.2. The summed E-state index contributed by atoms with van der Waals surface area (Å²) in [4.78, 5) is 27.5. The van der Waals surface area contributed by atoms with Crippen molar-refractivity contribution in [3.05, 3.63) is 65.7 Å². The largest absolute Gasteiger partial charge is 0.352 e. The summed E-state index contributed by atoms with van der Waals surface area (Å²) in [6.07, 6.45) is 0.766. The normalized spacial score (nSPS) is 13.4. The van der Waals surface area contributed by atoms with E-state index >= 15 is 0 Å². The van der Waals surface area contributed by atoms with Crippen LogP contribution in [-0.4, -0.2) is 55.1 Å². The van der Waals surface area contributed by atoms with Crippen molar-refractivity contribution in [2.45, 2.75) is 57.6 Å². The van der Waals surface area contributed by atoms with Crippen LogP contribution in [0.1, 0.15) is 38.3 Å². The van der Waals surface area contributed by atoms with E-state index in [1.807, 2.05) is 51.1 Å². The lowest BCUT2D eigenvalue weighted by molar-refractivity contribution is -0.140. The van der Waals surface area contributed by atoms with Gasteiger partial charge in [0, 0.05) is 19.6 Å². The molecule has 1 N–H and O–H groups in total. The Morgan fingerprint density at radius 1 is 1.00 bits per heavy atom. The van der Waals surface area contributed by atoms with Crippen molar-refractivity contribution < 1.29 is 18.0 Å². The Kier molecular flexibility index (Phi) is 8.98. The van der Waals surface area contributed by atoms with Gasteiger partial charge in [-0.3, -0.25) is 9.59 Å². The number of carbonyl (C=O) groups excluding carboxylic acids is 2. The molecular formula is C24H33N3O4S. The number of amides is 2. The summed E-state index contributed by atoms with van der Waals surface area (Å²) in [5, 5.41) is 2.90. The van der Waals surface area contributed by atoms with Crippen LogP contribution >= 0.6 is 0 Å². The van der Waals surface area contributed by atoms with E-state index in [0.29, 0.717) is 0 Å². The van der Waals surface area contributed by atoms with Crippen LogP contribution in [0.25, 0.3) is 0 Å². The summed E-state index contributed by atoms with van der Waals surface area (Å²) >= 11 is 0. The van der Waals surface area contributed by atoms with Crippen LogP contribution in [0, 0.1) is 6.92 Å². The van der Waals surface area contributed by atoms with Crippen molar-refractivity contribution in [3.63, 3.8) is 0 Å². The molecule has 0 saturated carbocycles. The number of rotatable bonds is 10. The number of benzene rings is 2. The van der Waals surface area contributed by atoms with Gasteiger partial charge in [-0.2, -0.15) is 4.31 Å². The van der Waals surface area contributed by atoms with Gasteiger partial charge < -0.3 is 10.2 Å². The maximum absolute atomic E-state index is 13.2. The molecule has 2 rings (SSSR count). The first-order valence-corrected chi connectivity index (χ1v) is 12.2. The van der Waals surface area contributed by atoms with Gasteiger partial charge in [0.25, 0.3) is 0 Å². The lowest BCUT2D eigenvalue weighted by atomic mass is 10.1. The predicted octanol–water partition coefficient (Wildman–Crippen LogP) is 2.95. The summed E-state index contributed by atoms with van der Waals surface area (Å²) < 4.78 is 26.9. The molecule has 0 aliphatic rings. The Labute approximate surface area is 191 Å². The predicted molar refractivity (Wildman–Crippen MR) is 125 cm³/mol. The number of hydrogen-bond acceptors (Lipinski definition) is 4. The third kappa shape index (κ3) is 6.64. The number of sulfonamides is 1. The first kappa shape index (κ1) is 25.5. The second kappa shape index (κ2) is 11.2. The first-order chi connectivity index (χ1) is 15.1. The Balaban J connectivity index is 2.24. The molecule has 0 bridgehead atoms. The topological polar surface area (TPSA) is 86.8 Å². The molecule has 0 spiro atoms. The zero-order chi connectivity index (χ0) is 23.9. The van der Waals surface area contributed by atoms with E-state index < -0.39 is 22.0 Å². The van der Waals surface area contributed by atoms with E-state index in [-0.39, 0.29) is 29.9 Å². The Morgan fingerprint density at radius 3 is 2.16 bits per heavy atom. The van der Waals surface area contributed by atoms with Crippen LogP contribution in [-0.2, 0) is 26.2 Å².